The Bertz CT molecular complexity index is 65.3. The summed E-state index contributed by atoms with van der Waals surface area (Å²) in [6.45, 7) is 2.77. The van der Waals surface area contributed by atoms with E-state index in [-0.39, 0.29) is 0 Å². The van der Waals surface area contributed by atoms with E-state index in [4.69, 9.17) is 0 Å². The van der Waals surface area contributed by atoms with Crippen molar-refractivity contribution in [3.8, 4) is 0 Å². The van der Waals surface area contributed by atoms with Gasteiger partial charge in [0.1, 0.15) is 6.67 Å². The second-order valence-electron chi connectivity index (χ2n) is 1.08. The Morgan fingerprint density at radius 2 is 2.40 bits per heavy atom. The van der Waals surface area contributed by atoms with Gasteiger partial charge in [-0.2, -0.15) is 0 Å². The van der Waals surface area contributed by atoms with Crippen LogP contribution in [-0.2, 0) is 0 Å². The Kier molecular flexibility index (Phi) is 0.381. The largest absolute Gasteiger partial charge is 0.355 e. The molecule has 0 amide bonds. The third-order valence-corrected chi connectivity index (χ3v) is 0.651. The fourth-order valence-corrected chi connectivity index (χ4v) is 0.237. The zero-order chi connectivity index (χ0) is 3.70. The van der Waals surface area contributed by atoms with Gasteiger partial charge in [0.2, 0.25) is 0 Å². The van der Waals surface area contributed by atoms with Gasteiger partial charge in [-0.1, -0.05) is 0 Å². The van der Waals surface area contributed by atoms with E-state index in [0.29, 0.717) is 0 Å². The average Bonchev–Trinajstić information content (AvgIpc) is 1.30. The second-order valence-corrected chi connectivity index (χ2v) is 1.08. The molecule has 0 atom stereocenters. The Labute approximate surface area is 30.9 Å². The van der Waals surface area contributed by atoms with Crippen molar-refractivity contribution < 1.29 is 0 Å². The van der Waals surface area contributed by atoms with Crippen LogP contribution in [0.15, 0.2) is 4.99 Å². The third kappa shape index (κ3) is 0.251. The molecule has 0 radical (unpaired) electrons. The molecule has 0 aromatic carbocycles. The van der Waals surface area contributed by atoms with Crippen molar-refractivity contribution in [3.05, 3.63) is 0 Å². The monoisotopic (exact) mass is 70.1 g/mol. The van der Waals surface area contributed by atoms with Crippen molar-refractivity contribution in [3.63, 3.8) is 0 Å². The Hall–Kier alpha value is -0.530. The van der Waals surface area contributed by atoms with Gasteiger partial charge >= 0.3 is 0 Å². The first kappa shape index (κ1) is 2.69. The standard InChI is InChI=1S/C3H6N2/c1-3-4-2-5-3/h2H2,1H3,(H,4,5). The summed E-state index contributed by atoms with van der Waals surface area (Å²) < 4.78 is 0. The number of aliphatic imine (C=N–C) groups is 1. The van der Waals surface area contributed by atoms with Crippen molar-refractivity contribution in [1.29, 1.82) is 0 Å². The molecule has 2 heteroatoms. The number of hydrogen-bond donors (Lipinski definition) is 1. The molecule has 0 bridgehead atoms. The molecule has 0 saturated heterocycles. The number of amidine groups is 1. The fraction of sp³-hybridized carbons (Fsp3) is 0.667. The summed E-state index contributed by atoms with van der Waals surface area (Å²) in [6, 6.07) is 0. The number of nitrogens with one attached hydrogen (secondary N) is 1. The molecule has 1 aliphatic heterocycles. The van der Waals surface area contributed by atoms with Gasteiger partial charge in [-0.3, -0.25) is 4.99 Å². The molecule has 0 spiro atoms. The summed E-state index contributed by atoms with van der Waals surface area (Å²) in [5.74, 6) is 1.06. The molecular formula is C3H6N2. The van der Waals surface area contributed by atoms with E-state index in [1.807, 2.05) is 6.92 Å². The number of nitrogens with zero attached hydrogens (tertiary/aromatic N) is 1. The van der Waals surface area contributed by atoms with Gasteiger partial charge in [0.25, 0.3) is 0 Å². The van der Waals surface area contributed by atoms with Crippen LogP contribution in [0.3, 0.4) is 0 Å². The lowest BCUT2D eigenvalue weighted by atomic mass is 10.6. The van der Waals surface area contributed by atoms with E-state index in [1.54, 1.807) is 0 Å². The zero-order valence-corrected chi connectivity index (χ0v) is 3.15. The highest BCUT2D eigenvalue weighted by Gasteiger charge is 1.92. The zero-order valence-electron chi connectivity index (χ0n) is 3.15. The topological polar surface area (TPSA) is 24.4 Å². The first-order chi connectivity index (χ1) is 2.39. The van der Waals surface area contributed by atoms with Gasteiger partial charge in [0, 0.05) is 0 Å². The van der Waals surface area contributed by atoms with Gasteiger partial charge < -0.3 is 5.32 Å². The minimum absolute atomic E-state index is 0.825. The summed E-state index contributed by atoms with van der Waals surface area (Å²) in [5, 5.41) is 2.96. The molecule has 0 aliphatic carbocycles. The van der Waals surface area contributed by atoms with E-state index in [0.717, 1.165) is 12.5 Å². The summed E-state index contributed by atoms with van der Waals surface area (Å²) >= 11 is 0. The minimum atomic E-state index is 0.825. The smallest absolute Gasteiger partial charge is 0.110 e. The molecule has 1 rings (SSSR count). The Morgan fingerprint density at radius 3 is 2.40 bits per heavy atom. The molecule has 28 valence electrons. The van der Waals surface area contributed by atoms with Gasteiger partial charge in [0.15, 0.2) is 0 Å². The molecular weight excluding hydrogens is 64.0 g/mol. The van der Waals surface area contributed by atoms with Crippen LogP contribution in [0.1, 0.15) is 6.92 Å². The van der Waals surface area contributed by atoms with E-state index in [2.05, 4.69) is 10.3 Å². The predicted octanol–water partition coefficient (Wildman–Crippen LogP) is -0.0345. The maximum Gasteiger partial charge on any atom is 0.110 e. The average molecular weight is 70.1 g/mol. The number of hydrogen-bond acceptors (Lipinski definition) is 2. The normalized spacial score (nSPS) is 19.0. The van der Waals surface area contributed by atoms with E-state index in [9.17, 15) is 0 Å². The Balaban J connectivity index is 2.51. The van der Waals surface area contributed by atoms with Gasteiger partial charge in [-0.25, -0.2) is 0 Å². The van der Waals surface area contributed by atoms with Gasteiger partial charge in [-0.15, -0.1) is 0 Å². The lowest BCUT2D eigenvalue weighted by molar-refractivity contribution is 0.829. The highest BCUT2D eigenvalue weighted by atomic mass is 15.2. The molecule has 1 heterocycles. The van der Waals surface area contributed by atoms with Crippen LogP contribution >= 0.6 is 0 Å². The lowest BCUT2D eigenvalue weighted by Gasteiger charge is -2.09. The van der Waals surface area contributed by atoms with Crippen molar-refractivity contribution in [2.24, 2.45) is 4.99 Å². The van der Waals surface area contributed by atoms with Crippen LogP contribution in [0.25, 0.3) is 0 Å². The van der Waals surface area contributed by atoms with Crippen LogP contribution < -0.4 is 5.32 Å². The SMILES string of the molecule is CC1=NCN1. The van der Waals surface area contributed by atoms with Crippen LogP contribution in [0.4, 0.5) is 0 Å². The molecule has 1 aliphatic rings. The van der Waals surface area contributed by atoms with Crippen molar-refractivity contribution in [2.45, 2.75) is 6.92 Å². The predicted molar refractivity (Wildman–Crippen MR) is 21.1 cm³/mol. The second kappa shape index (κ2) is 0.708. The fourth-order valence-electron chi connectivity index (χ4n) is 0.237. The highest BCUT2D eigenvalue weighted by molar-refractivity contribution is 5.82. The minimum Gasteiger partial charge on any atom is -0.355 e. The van der Waals surface area contributed by atoms with Crippen molar-refractivity contribution >= 4 is 5.84 Å². The summed E-state index contributed by atoms with van der Waals surface area (Å²) in [7, 11) is 0. The summed E-state index contributed by atoms with van der Waals surface area (Å²) in [6.07, 6.45) is 0. The first-order valence-electron chi connectivity index (χ1n) is 1.64. The van der Waals surface area contributed by atoms with E-state index < -0.39 is 0 Å². The van der Waals surface area contributed by atoms with Gasteiger partial charge in [0.05, 0.1) is 5.84 Å². The molecule has 0 aromatic rings. The molecule has 1 N–H and O–H groups in total. The lowest BCUT2D eigenvalue weighted by Crippen LogP contribution is -2.30. The van der Waals surface area contributed by atoms with Crippen LogP contribution in [0.5, 0.6) is 0 Å². The van der Waals surface area contributed by atoms with E-state index in [1.165, 1.54) is 0 Å². The van der Waals surface area contributed by atoms with Crippen LogP contribution in [0.2, 0.25) is 0 Å². The highest BCUT2D eigenvalue weighted by Crippen LogP contribution is 1.79. The quantitative estimate of drug-likeness (QED) is 0.425. The molecule has 0 fully saturated rings. The van der Waals surface area contributed by atoms with E-state index >= 15 is 0 Å². The van der Waals surface area contributed by atoms with Gasteiger partial charge in [-0.05, 0) is 6.92 Å². The molecule has 5 heavy (non-hydrogen) atoms. The molecule has 2 nitrogen and oxygen atoms in total. The first-order valence-corrected chi connectivity index (χ1v) is 1.64. The maximum atomic E-state index is 3.88. The van der Waals surface area contributed by atoms with Crippen LogP contribution in [0, 0.1) is 0 Å². The molecule has 0 unspecified atom stereocenters. The third-order valence-electron chi connectivity index (χ3n) is 0.651. The molecule has 0 aromatic heterocycles. The van der Waals surface area contributed by atoms with Crippen LogP contribution in [-0.4, -0.2) is 12.5 Å². The molecule has 0 saturated carbocycles. The summed E-state index contributed by atoms with van der Waals surface area (Å²) in [4.78, 5) is 3.88. The number of rotatable bonds is 0. The Morgan fingerprint density at radius 1 is 2.00 bits per heavy atom. The van der Waals surface area contributed by atoms with Crippen molar-refractivity contribution in [2.75, 3.05) is 6.67 Å². The summed E-state index contributed by atoms with van der Waals surface area (Å²) in [5.41, 5.74) is 0. The maximum absolute atomic E-state index is 3.88. The van der Waals surface area contributed by atoms with Crippen molar-refractivity contribution in [1.82, 2.24) is 5.32 Å².